The van der Waals surface area contributed by atoms with Gasteiger partial charge in [-0.05, 0) is 30.4 Å². The number of hydrogen-bond acceptors (Lipinski definition) is 7. The summed E-state index contributed by atoms with van der Waals surface area (Å²) < 4.78 is 0. The normalized spacial score (nSPS) is 10.0. The van der Waals surface area contributed by atoms with Gasteiger partial charge in [0.15, 0.2) is 5.11 Å². The number of nitro benzene ring substituents is 2. The lowest BCUT2D eigenvalue weighted by atomic mass is 10.2. The standard InChI is InChI=1S/C14H9ClN4O6S/c15-9-3-1-7(5-11(9)19(24)25)13(21)17-14(26)16-10-6-8(18(22)23)2-4-12(10)20/h1-6,20H,(H2,16,17,21,26). The van der Waals surface area contributed by atoms with Crippen molar-refractivity contribution in [2.24, 2.45) is 0 Å². The zero-order chi connectivity index (χ0) is 19.4. The molecule has 0 aliphatic heterocycles. The Hall–Kier alpha value is -3.31. The lowest BCUT2D eigenvalue weighted by molar-refractivity contribution is -0.384. The summed E-state index contributed by atoms with van der Waals surface area (Å²) in [6.07, 6.45) is 0. The van der Waals surface area contributed by atoms with Gasteiger partial charge in [-0.25, -0.2) is 0 Å². The van der Waals surface area contributed by atoms with Crippen LogP contribution >= 0.6 is 23.8 Å². The summed E-state index contributed by atoms with van der Waals surface area (Å²) in [6, 6.07) is 6.64. The molecule has 0 unspecified atom stereocenters. The van der Waals surface area contributed by atoms with E-state index < -0.39 is 21.4 Å². The summed E-state index contributed by atoms with van der Waals surface area (Å²) in [6.45, 7) is 0. The molecule has 0 spiro atoms. The van der Waals surface area contributed by atoms with Crippen LogP contribution in [-0.2, 0) is 0 Å². The van der Waals surface area contributed by atoms with Crippen molar-refractivity contribution in [1.29, 1.82) is 0 Å². The van der Waals surface area contributed by atoms with E-state index in [1.54, 1.807) is 0 Å². The lowest BCUT2D eigenvalue weighted by Crippen LogP contribution is -2.34. The fourth-order valence-electron chi connectivity index (χ4n) is 1.86. The van der Waals surface area contributed by atoms with E-state index in [-0.39, 0.29) is 32.8 Å². The Labute approximate surface area is 155 Å². The molecule has 3 N–H and O–H groups in total. The van der Waals surface area contributed by atoms with E-state index in [2.05, 4.69) is 10.6 Å². The van der Waals surface area contributed by atoms with Gasteiger partial charge in [0.05, 0.1) is 15.5 Å². The molecule has 0 fully saturated rings. The smallest absolute Gasteiger partial charge is 0.288 e. The first kappa shape index (κ1) is 19.0. The number of hydrogen-bond donors (Lipinski definition) is 3. The van der Waals surface area contributed by atoms with Crippen LogP contribution in [-0.4, -0.2) is 26.0 Å². The molecule has 134 valence electrons. The van der Waals surface area contributed by atoms with Crippen molar-refractivity contribution in [2.45, 2.75) is 0 Å². The quantitative estimate of drug-likeness (QED) is 0.309. The number of non-ortho nitro benzene ring substituents is 1. The number of carbonyl (C=O) groups is 1. The van der Waals surface area contributed by atoms with Crippen LogP contribution < -0.4 is 10.6 Å². The number of nitrogens with zero attached hydrogens (tertiary/aromatic N) is 2. The molecule has 26 heavy (non-hydrogen) atoms. The largest absolute Gasteiger partial charge is 0.506 e. The number of nitro groups is 2. The minimum absolute atomic E-state index is 0.0754. The highest BCUT2D eigenvalue weighted by atomic mass is 35.5. The Morgan fingerprint density at radius 3 is 2.42 bits per heavy atom. The topological polar surface area (TPSA) is 148 Å². The SMILES string of the molecule is O=C(NC(=S)Nc1cc([N+](=O)[O-])ccc1O)c1ccc(Cl)c([N+](=O)[O-])c1. The highest BCUT2D eigenvalue weighted by Gasteiger charge is 2.18. The van der Waals surface area contributed by atoms with E-state index in [1.165, 1.54) is 12.1 Å². The van der Waals surface area contributed by atoms with Gasteiger partial charge in [-0.15, -0.1) is 0 Å². The highest BCUT2D eigenvalue weighted by molar-refractivity contribution is 7.80. The van der Waals surface area contributed by atoms with Crippen LogP contribution in [0.4, 0.5) is 17.1 Å². The second-order valence-electron chi connectivity index (χ2n) is 4.79. The minimum Gasteiger partial charge on any atom is -0.506 e. The minimum atomic E-state index is -0.771. The van der Waals surface area contributed by atoms with Crippen molar-refractivity contribution >= 4 is 51.9 Å². The number of anilines is 1. The molecule has 0 heterocycles. The van der Waals surface area contributed by atoms with Gasteiger partial charge in [0.2, 0.25) is 0 Å². The molecule has 0 atom stereocenters. The fraction of sp³-hybridized carbons (Fsp3) is 0. The number of phenolic OH excluding ortho intramolecular Hbond substituents is 1. The number of halogens is 1. The molecule has 2 aromatic carbocycles. The highest BCUT2D eigenvalue weighted by Crippen LogP contribution is 2.28. The first-order valence-corrected chi connectivity index (χ1v) is 7.51. The third kappa shape index (κ3) is 4.40. The summed E-state index contributed by atoms with van der Waals surface area (Å²) >= 11 is 10.6. The third-order valence-electron chi connectivity index (χ3n) is 3.07. The number of rotatable bonds is 4. The van der Waals surface area contributed by atoms with E-state index in [9.17, 15) is 30.1 Å². The Morgan fingerprint density at radius 2 is 1.81 bits per heavy atom. The van der Waals surface area contributed by atoms with Crippen molar-refractivity contribution in [3.05, 3.63) is 67.2 Å². The van der Waals surface area contributed by atoms with E-state index >= 15 is 0 Å². The van der Waals surface area contributed by atoms with Crippen molar-refractivity contribution in [1.82, 2.24) is 5.32 Å². The van der Waals surface area contributed by atoms with E-state index in [4.69, 9.17) is 23.8 Å². The maximum Gasteiger partial charge on any atom is 0.288 e. The lowest BCUT2D eigenvalue weighted by Gasteiger charge is -2.11. The first-order chi connectivity index (χ1) is 12.2. The average Bonchev–Trinajstić information content (AvgIpc) is 2.56. The predicted octanol–water partition coefficient (Wildman–Crippen LogP) is 2.99. The van der Waals surface area contributed by atoms with Gasteiger partial charge in [-0.3, -0.25) is 30.3 Å². The summed E-state index contributed by atoms with van der Waals surface area (Å²) in [5, 5.41) is 35.6. The van der Waals surface area contributed by atoms with Gasteiger partial charge < -0.3 is 10.4 Å². The van der Waals surface area contributed by atoms with Crippen LogP contribution in [0.1, 0.15) is 10.4 Å². The summed E-state index contributed by atoms with van der Waals surface area (Å²) in [4.78, 5) is 32.3. The van der Waals surface area contributed by atoms with Gasteiger partial charge in [-0.1, -0.05) is 11.6 Å². The summed E-state index contributed by atoms with van der Waals surface area (Å²) in [5.74, 6) is -1.10. The van der Waals surface area contributed by atoms with Crippen LogP contribution in [0.5, 0.6) is 5.75 Å². The zero-order valence-corrected chi connectivity index (χ0v) is 14.2. The monoisotopic (exact) mass is 396 g/mol. The van der Waals surface area contributed by atoms with Crippen LogP contribution in [0.2, 0.25) is 5.02 Å². The van der Waals surface area contributed by atoms with Crippen LogP contribution in [0.15, 0.2) is 36.4 Å². The van der Waals surface area contributed by atoms with Crippen molar-refractivity contribution in [3.8, 4) is 5.75 Å². The van der Waals surface area contributed by atoms with Crippen molar-refractivity contribution in [3.63, 3.8) is 0 Å². The molecule has 12 heteroatoms. The van der Waals surface area contributed by atoms with Gasteiger partial charge in [0, 0.05) is 23.8 Å². The number of aromatic hydroxyl groups is 1. The molecule has 0 aliphatic carbocycles. The molecule has 0 saturated heterocycles. The molecule has 0 saturated carbocycles. The van der Waals surface area contributed by atoms with Crippen LogP contribution in [0, 0.1) is 20.2 Å². The molecular formula is C14H9ClN4O6S. The zero-order valence-electron chi connectivity index (χ0n) is 12.6. The maximum absolute atomic E-state index is 12.1. The number of thiocarbonyl (C=S) groups is 1. The second-order valence-corrected chi connectivity index (χ2v) is 5.61. The molecule has 0 radical (unpaired) electrons. The number of nitrogens with one attached hydrogen (secondary N) is 2. The van der Waals surface area contributed by atoms with Crippen molar-refractivity contribution < 1.29 is 19.7 Å². The van der Waals surface area contributed by atoms with Gasteiger partial charge in [0.1, 0.15) is 10.8 Å². The van der Waals surface area contributed by atoms with Gasteiger partial charge >= 0.3 is 0 Å². The number of amides is 1. The maximum atomic E-state index is 12.1. The molecule has 0 aromatic heterocycles. The molecule has 1 amide bonds. The van der Waals surface area contributed by atoms with E-state index in [1.807, 2.05) is 0 Å². The third-order valence-corrected chi connectivity index (χ3v) is 3.59. The van der Waals surface area contributed by atoms with Crippen molar-refractivity contribution in [2.75, 3.05) is 5.32 Å². The predicted molar refractivity (Wildman–Crippen MR) is 96.6 cm³/mol. The Kier molecular flexibility index (Phi) is 5.64. The number of carbonyl (C=O) groups excluding carboxylic acids is 1. The summed E-state index contributed by atoms with van der Waals surface area (Å²) in [5.41, 5.74) is -0.914. The van der Waals surface area contributed by atoms with E-state index in [0.29, 0.717) is 0 Å². The molecular weight excluding hydrogens is 388 g/mol. The Bertz CT molecular complexity index is 936. The average molecular weight is 397 g/mol. The van der Waals surface area contributed by atoms with Crippen LogP contribution in [0.25, 0.3) is 0 Å². The summed E-state index contributed by atoms with van der Waals surface area (Å²) in [7, 11) is 0. The molecule has 0 aliphatic rings. The molecule has 0 bridgehead atoms. The van der Waals surface area contributed by atoms with Gasteiger partial charge in [-0.2, -0.15) is 0 Å². The molecule has 2 aromatic rings. The van der Waals surface area contributed by atoms with Crippen LogP contribution in [0.3, 0.4) is 0 Å². The van der Waals surface area contributed by atoms with E-state index in [0.717, 1.165) is 24.3 Å². The number of phenols is 1. The van der Waals surface area contributed by atoms with Gasteiger partial charge in [0.25, 0.3) is 17.3 Å². The fourth-order valence-corrected chi connectivity index (χ4v) is 2.25. The number of benzene rings is 2. The second kappa shape index (κ2) is 7.72. The molecule has 10 nitrogen and oxygen atoms in total. The first-order valence-electron chi connectivity index (χ1n) is 6.72. The Balaban J connectivity index is 2.14. The Morgan fingerprint density at radius 1 is 1.12 bits per heavy atom. The molecule has 2 rings (SSSR count).